The van der Waals surface area contributed by atoms with Crippen molar-refractivity contribution in [2.24, 2.45) is 0 Å². The van der Waals surface area contributed by atoms with Crippen LogP contribution in [0.25, 0.3) is 0 Å². The third kappa shape index (κ3) is 5.19. The van der Waals surface area contributed by atoms with E-state index in [1.807, 2.05) is 26.0 Å². The fraction of sp³-hybridized carbons (Fsp3) is 0.500. The third-order valence-electron chi connectivity index (χ3n) is 2.57. The van der Waals surface area contributed by atoms with E-state index in [1.165, 1.54) is 0 Å². The molecule has 1 N–H and O–H groups in total. The number of rotatable bonds is 6. The van der Waals surface area contributed by atoms with Gasteiger partial charge in [0.15, 0.2) is 0 Å². The van der Waals surface area contributed by atoms with Gasteiger partial charge in [0, 0.05) is 24.0 Å². The summed E-state index contributed by atoms with van der Waals surface area (Å²) in [5, 5.41) is 2.92. The van der Waals surface area contributed by atoms with Crippen molar-refractivity contribution in [3.63, 3.8) is 0 Å². The molecule has 0 saturated carbocycles. The molecule has 1 aromatic rings. The molecule has 1 aromatic carbocycles. The Labute approximate surface area is 117 Å². The van der Waals surface area contributed by atoms with Gasteiger partial charge < -0.3 is 10.1 Å². The minimum Gasteiger partial charge on any atom is -0.384 e. The lowest BCUT2D eigenvalue weighted by molar-refractivity contribution is 0.0951. The van der Waals surface area contributed by atoms with Gasteiger partial charge in [0.2, 0.25) is 0 Å². The first-order valence-electron chi connectivity index (χ1n) is 6.02. The summed E-state index contributed by atoms with van der Waals surface area (Å²) in [6.45, 7) is 5.29. The van der Waals surface area contributed by atoms with E-state index in [2.05, 4.69) is 27.3 Å². The lowest BCUT2D eigenvalue weighted by Crippen LogP contribution is -2.27. The van der Waals surface area contributed by atoms with E-state index in [0.29, 0.717) is 13.2 Å². The Balaban J connectivity index is 2.45. The van der Waals surface area contributed by atoms with E-state index < -0.39 is 0 Å². The van der Waals surface area contributed by atoms with Gasteiger partial charge in [-0.2, -0.15) is 0 Å². The molecule has 1 rings (SSSR count). The number of aryl methyl sites for hydroxylation is 2. The van der Waals surface area contributed by atoms with Gasteiger partial charge in [-0.3, -0.25) is 4.79 Å². The smallest absolute Gasteiger partial charge is 0.251 e. The van der Waals surface area contributed by atoms with Crippen LogP contribution in [-0.4, -0.2) is 31.0 Å². The summed E-state index contributed by atoms with van der Waals surface area (Å²) in [5.41, 5.74) is 2.95. The molecule has 0 aliphatic carbocycles. The first-order chi connectivity index (χ1) is 8.52. The molecule has 1 unspecified atom stereocenters. The monoisotopic (exact) mass is 313 g/mol. The number of hydrogen-bond donors (Lipinski definition) is 1. The number of carbonyl (C=O) groups excluding carboxylic acids is 1. The molecule has 4 heteroatoms. The average molecular weight is 314 g/mol. The van der Waals surface area contributed by atoms with Crippen LogP contribution in [0.5, 0.6) is 0 Å². The summed E-state index contributed by atoms with van der Waals surface area (Å²) < 4.78 is 5.02. The molecule has 0 fully saturated rings. The Morgan fingerprint density at radius 2 is 1.94 bits per heavy atom. The summed E-state index contributed by atoms with van der Waals surface area (Å²) in [4.78, 5) is 12.2. The standard InChI is InChI=1S/C14H20BrNO2/c1-10-6-11(2)8-12(7-10)14(17)16-5-4-13(15)9-18-3/h6-8,13H,4-5,9H2,1-3H3,(H,16,17). The predicted octanol–water partition coefficient (Wildman–Crippen LogP) is 2.83. The lowest BCUT2D eigenvalue weighted by atomic mass is 10.1. The second kappa shape index (κ2) is 7.54. The number of ether oxygens (including phenoxy) is 1. The number of benzene rings is 1. The van der Waals surface area contributed by atoms with E-state index >= 15 is 0 Å². The molecule has 0 radical (unpaired) electrons. The van der Waals surface area contributed by atoms with Gasteiger partial charge in [-0.15, -0.1) is 0 Å². The highest BCUT2D eigenvalue weighted by atomic mass is 79.9. The van der Waals surface area contributed by atoms with Crippen molar-refractivity contribution in [3.05, 3.63) is 34.9 Å². The molecular weight excluding hydrogens is 294 g/mol. The van der Waals surface area contributed by atoms with Gasteiger partial charge in [0.1, 0.15) is 0 Å². The van der Waals surface area contributed by atoms with Crippen molar-refractivity contribution in [2.45, 2.75) is 25.1 Å². The maximum Gasteiger partial charge on any atom is 0.251 e. The molecule has 1 atom stereocenters. The Kier molecular flexibility index (Phi) is 6.36. The van der Waals surface area contributed by atoms with Crippen LogP contribution in [-0.2, 0) is 4.74 Å². The fourth-order valence-corrected chi connectivity index (χ4v) is 2.31. The van der Waals surface area contributed by atoms with E-state index in [9.17, 15) is 4.79 Å². The molecule has 1 amide bonds. The molecule has 0 heterocycles. The molecule has 0 spiro atoms. The van der Waals surface area contributed by atoms with Crippen molar-refractivity contribution >= 4 is 21.8 Å². The average Bonchev–Trinajstić information content (AvgIpc) is 2.27. The van der Waals surface area contributed by atoms with E-state index in [4.69, 9.17) is 4.74 Å². The quantitative estimate of drug-likeness (QED) is 0.820. The fourth-order valence-electron chi connectivity index (χ4n) is 1.81. The third-order valence-corrected chi connectivity index (χ3v) is 3.30. The highest BCUT2D eigenvalue weighted by Crippen LogP contribution is 2.09. The molecule has 100 valence electrons. The topological polar surface area (TPSA) is 38.3 Å². The number of amides is 1. The van der Waals surface area contributed by atoms with Crippen LogP contribution >= 0.6 is 15.9 Å². The Bertz CT molecular complexity index is 387. The van der Waals surface area contributed by atoms with Crippen molar-refractivity contribution in [3.8, 4) is 0 Å². The zero-order chi connectivity index (χ0) is 13.5. The summed E-state index contributed by atoms with van der Waals surface area (Å²) in [7, 11) is 1.67. The minimum absolute atomic E-state index is 0.0149. The van der Waals surface area contributed by atoms with E-state index in [-0.39, 0.29) is 10.7 Å². The zero-order valence-electron chi connectivity index (χ0n) is 11.1. The Hall–Kier alpha value is -0.870. The van der Waals surface area contributed by atoms with Crippen LogP contribution in [0.2, 0.25) is 0 Å². The van der Waals surface area contributed by atoms with E-state index in [1.54, 1.807) is 7.11 Å². The van der Waals surface area contributed by atoms with Gasteiger partial charge in [-0.1, -0.05) is 33.1 Å². The maximum atomic E-state index is 11.9. The van der Waals surface area contributed by atoms with Crippen molar-refractivity contribution in [2.75, 3.05) is 20.3 Å². The SMILES string of the molecule is COCC(Br)CCNC(=O)c1cc(C)cc(C)c1. The number of methoxy groups -OCH3 is 1. The maximum absolute atomic E-state index is 11.9. The van der Waals surface area contributed by atoms with Gasteiger partial charge in [-0.05, 0) is 32.4 Å². The number of halogens is 1. The molecule has 0 bridgehead atoms. The number of alkyl halides is 1. The van der Waals surface area contributed by atoms with E-state index in [0.717, 1.165) is 23.1 Å². The van der Waals surface area contributed by atoms with Crippen LogP contribution in [0.4, 0.5) is 0 Å². The summed E-state index contributed by atoms with van der Waals surface area (Å²) >= 11 is 3.49. The number of nitrogens with one attached hydrogen (secondary N) is 1. The van der Waals surface area contributed by atoms with Crippen LogP contribution in [0, 0.1) is 13.8 Å². The second-order valence-corrected chi connectivity index (χ2v) is 5.77. The first-order valence-corrected chi connectivity index (χ1v) is 6.94. The van der Waals surface area contributed by atoms with Gasteiger partial charge >= 0.3 is 0 Å². The van der Waals surface area contributed by atoms with Crippen molar-refractivity contribution in [1.82, 2.24) is 5.32 Å². The lowest BCUT2D eigenvalue weighted by Gasteiger charge is -2.10. The molecule has 0 aliphatic rings. The summed E-state index contributed by atoms with van der Waals surface area (Å²) in [5.74, 6) is -0.0149. The number of carbonyl (C=O) groups is 1. The van der Waals surface area contributed by atoms with Crippen molar-refractivity contribution < 1.29 is 9.53 Å². The van der Waals surface area contributed by atoms with Crippen molar-refractivity contribution in [1.29, 1.82) is 0 Å². The van der Waals surface area contributed by atoms with Crippen LogP contribution in [0.1, 0.15) is 27.9 Å². The predicted molar refractivity (Wildman–Crippen MR) is 77.5 cm³/mol. The molecule has 18 heavy (non-hydrogen) atoms. The number of hydrogen-bond acceptors (Lipinski definition) is 2. The minimum atomic E-state index is -0.0149. The van der Waals surface area contributed by atoms with Gasteiger partial charge in [0.25, 0.3) is 5.91 Å². The second-order valence-electron chi connectivity index (χ2n) is 4.47. The van der Waals surface area contributed by atoms with Crippen LogP contribution < -0.4 is 5.32 Å². The van der Waals surface area contributed by atoms with Crippen LogP contribution in [0.3, 0.4) is 0 Å². The zero-order valence-corrected chi connectivity index (χ0v) is 12.7. The first kappa shape index (κ1) is 15.2. The molecule has 0 aliphatic heterocycles. The molecular formula is C14H20BrNO2. The summed E-state index contributed by atoms with van der Waals surface area (Å²) in [6.07, 6.45) is 0.852. The van der Waals surface area contributed by atoms with Crippen LogP contribution in [0.15, 0.2) is 18.2 Å². The van der Waals surface area contributed by atoms with Gasteiger partial charge in [-0.25, -0.2) is 0 Å². The highest BCUT2D eigenvalue weighted by molar-refractivity contribution is 9.09. The van der Waals surface area contributed by atoms with Gasteiger partial charge in [0.05, 0.1) is 6.61 Å². The summed E-state index contributed by atoms with van der Waals surface area (Å²) in [6, 6.07) is 5.87. The molecule has 0 saturated heterocycles. The molecule has 0 aromatic heterocycles. The molecule has 3 nitrogen and oxygen atoms in total. The normalized spacial score (nSPS) is 12.2. The Morgan fingerprint density at radius 1 is 1.33 bits per heavy atom. The Morgan fingerprint density at radius 3 is 2.50 bits per heavy atom. The largest absolute Gasteiger partial charge is 0.384 e. The highest BCUT2D eigenvalue weighted by Gasteiger charge is 2.08.